The van der Waals surface area contributed by atoms with Crippen LogP contribution in [0.3, 0.4) is 0 Å². The van der Waals surface area contributed by atoms with E-state index in [-0.39, 0.29) is 24.1 Å². The van der Waals surface area contributed by atoms with Crippen molar-refractivity contribution < 1.29 is 9.59 Å². The van der Waals surface area contributed by atoms with E-state index in [9.17, 15) is 9.59 Å². The number of likely N-dealkylation sites (N-methyl/N-ethyl adjacent to an activating group) is 1. The van der Waals surface area contributed by atoms with Gasteiger partial charge in [-0.3, -0.25) is 14.6 Å². The van der Waals surface area contributed by atoms with Crippen LogP contribution in [0.25, 0.3) is 0 Å². The summed E-state index contributed by atoms with van der Waals surface area (Å²) < 4.78 is 0. The quantitative estimate of drug-likeness (QED) is 0.804. The number of carbonyl (C=O) groups excluding carboxylic acids is 2. The molecule has 8 nitrogen and oxygen atoms in total. The molecule has 3 rings (SSSR count). The van der Waals surface area contributed by atoms with Crippen molar-refractivity contribution in [1.29, 1.82) is 0 Å². The normalized spacial score (nSPS) is 16.3. The molecule has 1 aliphatic heterocycles. The van der Waals surface area contributed by atoms with Crippen LogP contribution in [0.5, 0.6) is 0 Å². The van der Waals surface area contributed by atoms with Crippen molar-refractivity contribution in [2.45, 2.75) is 26.2 Å². The number of pyridine rings is 1. The Morgan fingerprint density at radius 1 is 1.14 bits per heavy atom. The van der Waals surface area contributed by atoms with Gasteiger partial charge in [0.15, 0.2) is 0 Å². The largest absolute Gasteiger partial charge is 0.370 e. The van der Waals surface area contributed by atoms with Crippen molar-refractivity contribution in [3.63, 3.8) is 0 Å². The van der Waals surface area contributed by atoms with E-state index in [4.69, 9.17) is 0 Å². The molecular weight excluding hydrogens is 356 g/mol. The average Bonchev–Trinajstić information content (AvgIpc) is 2.70. The molecule has 1 aliphatic rings. The molecule has 2 aromatic heterocycles. The molecule has 2 amide bonds. The second-order valence-electron chi connectivity index (χ2n) is 6.98. The zero-order chi connectivity index (χ0) is 19.9. The lowest BCUT2D eigenvalue weighted by atomic mass is 10.2. The molecule has 0 aromatic carbocycles. The van der Waals surface area contributed by atoms with E-state index in [1.807, 2.05) is 25.1 Å². The van der Waals surface area contributed by atoms with Gasteiger partial charge < -0.3 is 15.1 Å². The topological polar surface area (TPSA) is 91.3 Å². The van der Waals surface area contributed by atoms with Crippen molar-refractivity contribution in [3.05, 3.63) is 47.7 Å². The number of fused-ring (bicyclic) bond motifs is 2. The van der Waals surface area contributed by atoms with Crippen molar-refractivity contribution >= 4 is 17.6 Å². The third-order valence-corrected chi connectivity index (χ3v) is 4.68. The molecule has 0 unspecified atom stereocenters. The number of amides is 2. The number of nitrogens with zero attached hydrogens (tertiary/aromatic N) is 5. The number of rotatable bonds is 1. The van der Waals surface area contributed by atoms with Crippen LogP contribution in [0.15, 0.2) is 30.6 Å². The third kappa shape index (κ3) is 5.25. The maximum Gasteiger partial charge on any atom is 0.274 e. The maximum absolute atomic E-state index is 12.9. The summed E-state index contributed by atoms with van der Waals surface area (Å²) >= 11 is 0. The molecule has 0 radical (unpaired) electrons. The van der Waals surface area contributed by atoms with Crippen molar-refractivity contribution in [1.82, 2.24) is 24.8 Å². The number of hydrogen-bond acceptors (Lipinski definition) is 6. The summed E-state index contributed by atoms with van der Waals surface area (Å²) in [5.74, 6) is 0.484. The fourth-order valence-corrected chi connectivity index (χ4v) is 3.03. The molecule has 148 valence electrons. The van der Waals surface area contributed by atoms with Gasteiger partial charge in [0.25, 0.3) is 5.91 Å². The molecule has 0 saturated carbocycles. The van der Waals surface area contributed by atoms with Crippen LogP contribution in [-0.4, -0.2) is 69.8 Å². The Morgan fingerprint density at radius 2 is 2.00 bits per heavy atom. The minimum absolute atomic E-state index is 0.0335. The lowest BCUT2D eigenvalue weighted by Crippen LogP contribution is -2.43. The Balaban J connectivity index is 1.78. The van der Waals surface area contributed by atoms with Gasteiger partial charge in [-0.25, -0.2) is 9.97 Å². The van der Waals surface area contributed by atoms with E-state index in [2.05, 4.69) is 20.3 Å². The van der Waals surface area contributed by atoms with E-state index in [1.165, 1.54) is 6.20 Å². The highest BCUT2D eigenvalue weighted by Gasteiger charge is 2.22. The van der Waals surface area contributed by atoms with Crippen LogP contribution in [0.4, 0.5) is 5.82 Å². The number of aromatic nitrogens is 3. The van der Waals surface area contributed by atoms with Crippen LogP contribution in [0, 0.1) is 6.92 Å². The monoisotopic (exact) mass is 382 g/mol. The molecular formula is C20H26N6O2. The van der Waals surface area contributed by atoms with Crippen LogP contribution < -0.4 is 5.32 Å². The van der Waals surface area contributed by atoms with Gasteiger partial charge in [0.2, 0.25) is 5.91 Å². The SMILES string of the molecule is Cc1cnc(C(=O)N2CCCc3cccc(n3)NCCCN(C)C(=O)C2)cn1. The van der Waals surface area contributed by atoms with Gasteiger partial charge in [-0.2, -0.15) is 0 Å². The van der Waals surface area contributed by atoms with Gasteiger partial charge in [-0.05, 0) is 38.3 Å². The van der Waals surface area contributed by atoms with Crippen LogP contribution in [0.2, 0.25) is 0 Å². The number of hydrogen-bond donors (Lipinski definition) is 1. The second-order valence-corrected chi connectivity index (χ2v) is 6.98. The van der Waals surface area contributed by atoms with E-state index >= 15 is 0 Å². The molecule has 0 saturated heterocycles. The molecule has 28 heavy (non-hydrogen) atoms. The Morgan fingerprint density at radius 3 is 2.79 bits per heavy atom. The molecule has 2 bridgehead atoms. The first kappa shape index (κ1) is 19.7. The van der Waals surface area contributed by atoms with Crippen LogP contribution >= 0.6 is 0 Å². The highest BCUT2D eigenvalue weighted by atomic mass is 16.2. The maximum atomic E-state index is 12.9. The highest BCUT2D eigenvalue weighted by molar-refractivity contribution is 5.94. The lowest BCUT2D eigenvalue weighted by Gasteiger charge is -2.25. The van der Waals surface area contributed by atoms with E-state index in [0.717, 1.165) is 36.6 Å². The first-order valence-electron chi connectivity index (χ1n) is 9.54. The minimum atomic E-state index is -0.273. The van der Waals surface area contributed by atoms with Gasteiger partial charge >= 0.3 is 0 Å². The fraction of sp³-hybridized carbons (Fsp3) is 0.450. The number of nitrogens with one attached hydrogen (secondary N) is 1. The van der Waals surface area contributed by atoms with Crippen molar-refractivity contribution in [2.75, 3.05) is 38.5 Å². The first-order chi connectivity index (χ1) is 13.5. The first-order valence-corrected chi connectivity index (χ1v) is 9.54. The Kier molecular flexibility index (Phi) is 6.52. The summed E-state index contributed by atoms with van der Waals surface area (Å²) in [6.07, 6.45) is 5.26. The van der Waals surface area contributed by atoms with E-state index < -0.39 is 0 Å². The predicted molar refractivity (Wildman–Crippen MR) is 106 cm³/mol. The number of anilines is 1. The van der Waals surface area contributed by atoms with Gasteiger partial charge in [0.1, 0.15) is 18.1 Å². The summed E-state index contributed by atoms with van der Waals surface area (Å²) in [4.78, 5) is 41.7. The zero-order valence-electron chi connectivity index (χ0n) is 16.4. The molecule has 8 heteroatoms. The van der Waals surface area contributed by atoms with Gasteiger partial charge in [0.05, 0.1) is 11.9 Å². The minimum Gasteiger partial charge on any atom is -0.370 e. The molecule has 1 N–H and O–H groups in total. The summed E-state index contributed by atoms with van der Waals surface area (Å²) in [6.45, 7) is 3.64. The zero-order valence-corrected chi connectivity index (χ0v) is 16.4. The van der Waals surface area contributed by atoms with Crippen molar-refractivity contribution in [3.8, 4) is 0 Å². The predicted octanol–water partition coefficient (Wildman–Crippen LogP) is 1.53. The molecule has 0 atom stereocenters. The summed E-state index contributed by atoms with van der Waals surface area (Å²) in [6, 6.07) is 5.90. The number of carbonyl (C=O) groups is 2. The number of aryl methyl sites for hydroxylation is 2. The van der Waals surface area contributed by atoms with E-state index in [1.54, 1.807) is 23.0 Å². The molecule has 2 aromatic rings. The van der Waals surface area contributed by atoms with Crippen LogP contribution in [0.1, 0.15) is 34.7 Å². The summed E-state index contributed by atoms with van der Waals surface area (Å²) in [5, 5.41) is 3.30. The Bertz CT molecular complexity index is 824. The highest BCUT2D eigenvalue weighted by Crippen LogP contribution is 2.10. The average molecular weight is 382 g/mol. The molecule has 0 spiro atoms. The Labute approximate surface area is 165 Å². The van der Waals surface area contributed by atoms with Gasteiger partial charge in [-0.15, -0.1) is 0 Å². The van der Waals surface area contributed by atoms with E-state index in [0.29, 0.717) is 19.5 Å². The van der Waals surface area contributed by atoms with Gasteiger partial charge in [0, 0.05) is 38.6 Å². The van der Waals surface area contributed by atoms with Crippen molar-refractivity contribution in [2.24, 2.45) is 0 Å². The fourth-order valence-electron chi connectivity index (χ4n) is 3.03. The smallest absolute Gasteiger partial charge is 0.274 e. The molecule has 3 heterocycles. The summed E-state index contributed by atoms with van der Waals surface area (Å²) in [5.41, 5.74) is 1.97. The molecule has 0 aliphatic carbocycles. The second kappa shape index (κ2) is 9.25. The lowest BCUT2D eigenvalue weighted by molar-refractivity contribution is -0.130. The third-order valence-electron chi connectivity index (χ3n) is 4.68. The molecule has 0 fully saturated rings. The Hall–Kier alpha value is -3.03. The van der Waals surface area contributed by atoms with Gasteiger partial charge in [-0.1, -0.05) is 6.07 Å². The summed E-state index contributed by atoms with van der Waals surface area (Å²) in [7, 11) is 1.77. The standard InChI is InChI=1S/C20H26N6O2/c1-15-12-23-17(13-22-15)20(28)26-11-4-7-16-6-3-8-18(24-16)21-9-5-10-25(2)19(27)14-26/h3,6,8,12-13H,4-5,7,9-11,14H2,1-2H3,(H,21,24). The van der Waals surface area contributed by atoms with Crippen LogP contribution in [-0.2, 0) is 11.2 Å².